The standard InChI is InChI=1S/C69H80N24O20S4/c1-113-63(104)45-35-37(83-65-86-68(92(32-28-60(76)100)48-8-4-12-52(116(80,109)110)42(48)20-24-56(72)96)89-69(87-65)93(33-29-61(77)101)49-9-5-13-53(117(81,111)112)43(49)21-25-57(73)97)15-17-39(45)38-16-14-36(34-44(38)62(102)103)82-64-84-66(90(30-26-58(74)98)46-6-2-10-50(114(78,105)106)40(46)18-22-54(70)94)88-67(85-64)91(31-27-59(75)99)47-7-3-11-51(115(79,107)108)41(47)19-23-55(71)95/h2-17,34-35H,18-33H2,1H3,(H2,70,94)(H2,71,95)(H2,72,96)(H2,73,97)(H2,74,98)(H2,75,99)(H2,76,100)(H2,77,101)(H,102,103)(H2,78,105,106)(H2,79,107,108)(H2,80,109,110)(H2,81,111,112)(H,82,84,85,88)(H,83,86,87,89). The summed E-state index contributed by atoms with van der Waals surface area (Å²) in [6, 6.07) is 22.1. The van der Waals surface area contributed by atoms with E-state index in [9.17, 15) is 86.7 Å². The largest absolute Gasteiger partial charge is 0.478 e. The number of hydrogen-bond acceptors (Lipinski definition) is 31. The molecule has 0 bridgehead atoms. The number of aromatic carboxylic acids is 1. The fourth-order valence-corrected chi connectivity index (χ4v) is 15.5. The molecule has 8 aromatic rings. The van der Waals surface area contributed by atoms with Crippen molar-refractivity contribution in [3.8, 4) is 11.1 Å². The van der Waals surface area contributed by atoms with Crippen LogP contribution in [-0.2, 0) is 109 Å². The summed E-state index contributed by atoms with van der Waals surface area (Å²) >= 11 is 0. The summed E-state index contributed by atoms with van der Waals surface area (Å²) in [5.74, 6) is -13.1. The summed E-state index contributed by atoms with van der Waals surface area (Å²) in [6.07, 6.45) is -5.71. The van der Waals surface area contributed by atoms with Crippen LogP contribution in [0.1, 0.15) is 94.3 Å². The van der Waals surface area contributed by atoms with Gasteiger partial charge in [0, 0.05) is 112 Å². The molecule has 620 valence electrons. The van der Waals surface area contributed by atoms with Gasteiger partial charge < -0.3 is 85.9 Å². The number of nitrogens with one attached hydrogen (secondary N) is 2. The summed E-state index contributed by atoms with van der Waals surface area (Å²) in [4.78, 5) is 159. The molecule has 0 aliphatic heterocycles. The Morgan fingerprint density at radius 3 is 0.812 bits per heavy atom. The molecule has 117 heavy (non-hydrogen) atoms. The van der Waals surface area contributed by atoms with E-state index in [1.807, 2.05) is 0 Å². The van der Waals surface area contributed by atoms with Gasteiger partial charge in [-0.25, -0.2) is 63.8 Å². The second kappa shape index (κ2) is 37.6. The van der Waals surface area contributed by atoms with Crippen molar-refractivity contribution in [2.45, 2.75) is 96.6 Å². The molecule has 2 aromatic heterocycles. The summed E-state index contributed by atoms with van der Waals surface area (Å²) in [5.41, 5.74) is 42.4. The molecule has 48 heteroatoms. The summed E-state index contributed by atoms with van der Waals surface area (Å²) in [5, 5.41) is 39.9. The minimum absolute atomic E-state index is 0.115. The summed E-state index contributed by atoms with van der Waals surface area (Å²) in [6.45, 7) is -2.02. The van der Waals surface area contributed by atoms with E-state index in [1.165, 1.54) is 92.4 Å². The molecule has 0 aliphatic carbocycles. The van der Waals surface area contributed by atoms with Gasteiger partial charge in [0.05, 0.1) is 37.8 Å². The lowest BCUT2D eigenvalue weighted by molar-refractivity contribution is -0.118. The quantitative estimate of drug-likeness (QED) is 0.0204. The Labute approximate surface area is 667 Å². The van der Waals surface area contributed by atoms with Gasteiger partial charge in [0.25, 0.3) is 0 Å². The van der Waals surface area contributed by atoms with Gasteiger partial charge in [-0.1, -0.05) is 36.4 Å². The Morgan fingerprint density at radius 1 is 0.350 bits per heavy atom. The van der Waals surface area contributed by atoms with Gasteiger partial charge in [-0.05, 0) is 132 Å². The number of sulfonamides is 4. The number of methoxy groups -OCH3 is 1. The van der Waals surface area contributed by atoms with Crippen LogP contribution in [0.2, 0.25) is 0 Å². The number of rotatable bonds is 43. The van der Waals surface area contributed by atoms with E-state index < -0.39 is 263 Å². The lowest BCUT2D eigenvalue weighted by atomic mass is 9.94. The number of ether oxygens (including phenoxy) is 1. The SMILES string of the molecule is COC(=O)c1cc(Nc2nc(N(CCC(N)=O)c3cccc(S(N)(=O)=O)c3CCC(N)=O)nc(N(CCC(N)=O)c3cccc(S(N)(=O)=O)c3CCC(N)=O)n2)ccc1-c1ccc(Nc2nc(N(CCC(N)=O)c3cccc(S(N)(=O)=O)c3CCC(N)=O)nc(N(CCC(N)=O)c3cccc(S(N)(=O)=O)c3CCC(N)=O)n2)cc1C(=O)O. The molecular weight excluding hydrogens is 1610 g/mol. The molecule has 0 saturated carbocycles. The molecule has 0 aliphatic rings. The Hall–Kier alpha value is -13.5. The second-order valence-corrected chi connectivity index (χ2v) is 31.7. The molecule has 0 atom stereocenters. The topological polar surface area (TPSA) is 763 Å². The number of anilines is 12. The minimum Gasteiger partial charge on any atom is -0.478 e. The average molecular weight is 1690 g/mol. The number of nitrogens with zero attached hydrogens (tertiary/aromatic N) is 10. The highest BCUT2D eigenvalue weighted by Crippen LogP contribution is 2.41. The fourth-order valence-electron chi connectivity index (χ4n) is 12.2. The van der Waals surface area contributed by atoms with Crippen molar-refractivity contribution in [2.24, 2.45) is 66.4 Å². The van der Waals surface area contributed by atoms with Crippen LogP contribution in [0.3, 0.4) is 0 Å². The molecule has 27 N–H and O–H groups in total. The van der Waals surface area contributed by atoms with Crippen LogP contribution in [0.25, 0.3) is 11.1 Å². The van der Waals surface area contributed by atoms with Gasteiger partial charge in [-0.3, -0.25) is 38.4 Å². The highest BCUT2D eigenvalue weighted by molar-refractivity contribution is 7.90. The van der Waals surface area contributed by atoms with Gasteiger partial charge >= 0.3 is 11.9 Å². The van der Waals surface area contributed by atoms with Gasteiger partial charge in [-0.15, -0.1) is 0 Å². The van der Waals surface area contributed by atoms with E-state index in [0.29, 0.717) is 0 Å². The summed E-state index contributed by atoms with van der Waals surface area (Å²) in [7, 11) is -17.6. The van der Waals surface area contributed by atoms with Crippen LogP contribution >= 0.6 is 0 Å². The van der Waals surface area contributed by atoms with Crippen LogP contribution < -0.4 is 96.7 Å². The van der Waals surface area contributed by atoms with Crippen LogP contribution in [0, 0.1) is 0 Å². The number of primary amides is 8. The number of benzene rings is 6. The van der Waals surface area contributed by atoms with Crippen LogP contribution in [-0.4, -0.2) is 161 Å². The normalized spacial score (nSPS) is 11.6. The first kappa shape index (κ1) is 89.0. The first-order valence-electron chi connectivity index (χ1n) is 34.5. The van der Waals surface area contributed by atoms with E-state index >= 15 is 0 Å². The number of carbonyl (C=O) groups is 10. The van der Waals surface area contributed by atoms with Crippen molar-refractivity contribution in [1.82, 2.24) is 29.9 Å². The minimum atomic E-state index is -4.65. The number of esters is 1. The van der Waals surface area contributed by atoms with Crippen molar-refractivity contribution in [1.29, 1.82) is 0 Å². The lowest BCUT2D eigenvalue weighted by Gasteiger charge is -2.29. The zero-order valence-electron chi connectivity index (χ0n) is 61.9. The van der Waals surface area contributed by atoms with Crippen molar-refractivity contribution >= 4 is 169 Å². The molecule has 2 heterocycles. The van der Waals surface area contributed by atoms with Crippen molar-refractivity contribution < 1.29 is 91.5 Å². The maximum Gasteiger partial charge on any atom is 0.338 e. The molecule has 0 fully saturated rings. The van der Waals surface area contributed by atoms with Crippen LogP contribution in [0.5, 0.6) is 0 Å². The van der Waals surface area contributed by atoms with Gasteiger partial charge in [-0.2, -0.15) is 29.9 Å². The number of hydrogen-bond donors (Lipinski definition) is 15. The predicted molar refractivity (Wildman–Crippen MR) is 421 cm³/mol. The van der Waals surface area contributed by atoms with Gasteiger partial charge in [0.15, 0.2) is 0 Å². The highest BCUT2D eigenvalue weighted by Gasteiger charge is 2.33. The second-order valence-electron chi connectivity index (χ2n) is 25.6. The zero-order chi connectivity index (χ0) is 86.3. The van der Waals surface area contributed by atoms with E-state index in [2.05, 4.69) is 30.6 Å². The lowest BCUT2D eigenvalue weighted by Crippen LogP contribution is -2.31. The maximum absolute atomic E-state index is 14.3. The van der Waals surface area contributed by atoms with Crippen molar-refractivity contribution in [3.05, 3.63) is 143 Å². The number of nitrogens with two attached hydrogens (primary N) is 12. The highest BCUT2D eigenvalue weighted by atomic mass is 32.2. The number of amides is 8. The van der Waals surface area contributed by atoms with E-state index in [-0.39, 0.29) is 73.1 Å². The van der Waals surface area contributed by atoms with Crippen LogP contribution in [0.15, 0.2) is 129 Å². The monoisotopic (exact) mass is 1690 g/mol. The number of primary sulfonamides is 4. The Balaban J connectivity index is 1.37. The van der Waals surface area contributed by atoms with E-state index in [4.69, 9.17) is 81.1 Å². The molecule has 0 unspecified atom stereocenters. The number of carboxylic acid groups (broad SMARTS) is 1. The molecular formula is C69H80N24O20S4. The smallest absolute Gasteiger partial charge is 0.338 e. The third-order valence-corrected chi connectivity index (χ3v) is 21.3. The Morgan fingerprint density at radius 2 is 0.590 bits per heavy atom. The first-order chi connectivity index (χ1) is 54.8. The third kappa shape index (κ3) is 23.4. The van der Waals surface area contributed by atoms with Crippen molar-refractivity contribution in [2.75, 3.05) is 63.5 Å². The number of aromatic nitrogens is 6. The average Bonchev–Trinajstić information content (AvgIpc) is 0.775. The molecule has 0 saturated heterocycles. The molecule has 0 spiro atoms. The number of carboxylic acids is 1. The Bertz CT molecular complexity index is 5510. The zero-order valence-corrected chi connectivity index (χ0v) is 65.2. The third-order valence-electron chi connectivity index (χ3n) is 17.3. The fraction of sp³-hybridized carbons (Fsp3) is 0.246. The molecule has 8 amide bonds. The predicted octanol–water partition coefficient (Wildman–Crippen LogP) is -0.989. The molecule has 8 rings (SSSR count). The van der Waals surface area contributed by atoms with E-state index in [1.54, 1.807) is 0 Å². The van der Waals surface area contributed by atoms with Gasteiger partial charge in [0.1, 0.15) is 0 Å². The number of carbonyl (C=O) groups excluding carboxylic acids is 9. The Kier molecular flexibility index (Phi) is 28.6. The van der Waals surface area contributed by atoms with Crippen molar-refractivity contribution in [3.63, 3.8) is 0 Å². The van der Waals surface area contributed by atoms with Gasteiger partial charge in [0.2, 0.25) is 123 Å². The van der Waals surface area contributed by atoms with Crippen LogP contribution in [0.4, 0.5) is 69.8 Å². The molecule has 0 radical (unpaired) electrons. The first-order valence-corrected chi connectivity index (χ1v) is 40.6. The molecule has 44 nitrogen and oxygen atoms in total. The summed E-state index contributed by atoms with van der Waals surface area (Å²) < 4.78 is 112. The maximum atomic E-state index is 14.3. The van der Waals surface area contributed by atoms with E-state index in [0.717, 1.165) is 43.5 Å². The molecule has 6 aromatic carbocycles.